The van der Waals surface area contributed by atoms with Crippen molar-refractivity contribution in [3.8, 4) is 0 Å². The fourth-order valence-electron chi connectivity index (χ4n) is 1.08. The van der Waals surface area contributed by atoms with Gasteiger partial charge in [-0.05, 0) is 12.8 Å². The van der Waals surface area contributed by atoms with Crippen LogP contribution < -0.4 is 11.1 Å². The molecule has 5 nitrogen and oxygen atoms in total. The fourth-order valence-corrected chi connectivity index (χ4v) is 1.08. The summed E-state index contributed by atoms with van der Waals surface area (Å²) in [6, 6.07) is -1.49. The number of carboxylic acids is 1. The molecule has 0 spiro atoms. The third kappa shape index (κ3) is 2.55. The molecule has 72 valence electrons. The molecule has 0 radical (unpaired) electrons. The molecule has 4 N–H and O–H groups in total. The third-order valence-electron chi connectivity index (χ3n) is 1.88. The van der Waals surface area contributed by atoms with Gasteiger partial charge in [-0.25, -0.2) is 4.79 Å². The van der Waals surface area contributed by atoms with E-state index in [1.807, 2.05) is 0 Å². The lowest BCUT2D eigenvalue weighted by Gasteiger charge is -2.17. The summed E-state index contributed by atoms with van der Waals surface area (Å²) in [6.45, 7) is 0. The van der Waals surface area contributed by atoms with E-state index >= 15 is 0 Å². The van der Waals surface area contributed by atoms with Crippen LogP contribution in [0.3, 0.4) is 0 Å². The molecule has 5 heteroatoms. The predicted molar refractivity (Wildman–Crippen MR) is 45.9 cm³/mol. The van der Waals surface area contributed by atoms with Crippen molar-refractivity contribution in [3.05, 3.63) is 12.2 Å². The molecular weight excluding hydrogens is 172 g/mol. The van der Waals surface area contributed by atoms with Gasteiger partial charge < -0.3 is 16.2 Å². The number of carboxylic acid groups (broad SMARTS) is 1. The normalized spacial score (nSPS) is 31.3. The van der Waals surface area contributed by atoms with Gasteiger partial charge in [-0.1, -0.05) is 12.2 Å². The number of amides is 1. The second-order valence-electron chi connectivity index (χ2n) is 2.95. The van der Waals surface area contributed by atoms with E-state index in [9.17, 15) is 9.59 Å². The van der Waals surface area contributed by atoms with Gasteiger partial charge in [-0.3, -0.25) is 4.79 Å². The minimum atomic E-state index is -1.04. The zero-order valence-corrected chi connectivity index (χ0v) is 7.06. The maximum Gasteiger partial charge on any atom is 0.326 e. The number of hydrogen-bond donors (Lipinski definition) is 3. The average molecular weight is 184 g/mol. The largest absolute Gasteiger partial charge is 0.480 e. The van der Waals surface area contributed by atoms with Crippen LogP contribution in [0.25, 0.3) is 0 Å². The maximum atomic E-state index is 11.1. The van der Waals surface area contributed by atoms with Crippen molar-refractivity contribution >= 4 is 11.9 Å². The molecule has 2 atom stereocenters. The number of carbonyl (C=O) groups excluding carboxylic acids is 1. The van der Waals surface area contributed by atoms with Crippen LogP contribution in [-0.4, -0.2) is 29.1 Å². The van der Waals surface area contributed by atoms with Crippen molar-refractivity contribution in [2.75, 3.05) is 0 Å². The molecule has 0 saturated carbocycles. The Hall–Kier alpha value is -1.36. The SMILES string of the molecule is N[C@H]1C/C=C\C[C@@H](C(=O)O)NC1=O. The summed E-state index contributed by atoms with van der Waals surface area (Å²) in [7, 11) is 0. The fraction of sp³-hybridized carbons (Fsp3) is 0.500. The Morgan fingerprint density at radius 3 is 2.77 bits per heavy atom. The Balaban J connectivity index is 2.70. The van der Waals surface area contributed by atoms with Gasteiger partial charge in [-0.15, -0.1) is 0 Å². The molecule has 0 aromatic rings. The van der Waals surface area contributed by atoms with Crippen LogP contribution in [0.1, 0.15) is 12.8 Å². The number of nitrogens with two attached hydrogens (primary N) is 1. The molecule has 1 rings (SSSR count). The van der Waals surface area contributed by atoms with Crippen molar-refractivity contribution in [1.82, 2.24) is 5.32 Å². The Kier molecular flexibility index (Phi) is 3.02. The molecule has 1 aliphatic rings. The van der Waals surface area contributed by atoms with Crippen LogP contribution in [0.4, 0.5) is 0 Å². The van der Waals surface area contributed by atoms with Crippen LogP contribution >= 0.6 is 0 Å². The number of rotatable bonds is 1. The van der Waals surface area contributed by atoms with Crippen molar-refractivity contribution in [3.63, 3.8) is 0 Å². The van der Waals surface area contributed by atoms with E-state index in [-0.39, 0.29) is 0 Å². The molecule has 13 heavy (non-hydrogen) atoms. The van der Waals surface area contributed by atoms with Gasteiger partial charge in [0.25, 0.3) is 0 Å². The number of carbonyl (C=O) groups is 2. The molecule has 1 aliphatic heterocycles. The molecule has 0 bridgehead atoms. The molecule has 0 fully saturated rings. The molecule has 1 amide bonds. The van der Waals surface area contributed by atoms with E-state index in [0.29, 0.717) is 12.8 Å². The zero-order chi connectivity index (χ0) is 9.84. The van der Waals surface area contributed by atoms with Crippen LogP contribution in [0, 0.1) is 0 Å². The summed E-state index contributed by atoms with van der Waals surface area (Å²) < 4.78 is 0. The van der Waals surface area contributed by atoms with E-state index in [0.717, 1.165) is 0 Å². The molecule has 0 aliphatic carbocycles. The summed E-state index contributed by atoms with van der Waals surface area (Å²) in [6.07, 6.45) is 4.23. The summed E-state index contributed by atoms with van der Waals surface area (Å²) in [5.41, 5.74) is 5.45. The second kappa shape index (κ2) is 4.04. The second-order valence-corrected chi connectivity index (χ2v) is 2.95. The minimum Gasteiger partial charge on any atom is -0.480 e. The highest BCUT2D eigenvalue weighted by Gasteiger charge is 2.22. The summed E-state index contributed by atoms with van der Waals surface area (Å²) in [5.74, 6) is -1.44. The Bertz CT molecular complexity index is 250. The van der Waals surface area contributed by atoms with Gasteiger partial charge in [0.1, 0.15) is 6.04 Å². The monoisotopic (exact) mass is 184 g/mol. The number of nitrogens with one attached hydrogen (secondary N) is 1. The highest BCUT2D eigenvalue weighted by Crippen LogP contribution is 2.02. The highest BCUT2D eigenvalue weighted by atomic mass is 16.4. The Labute approximate surface area is 75.6 Å². The topological polar surface area (TPSA) is 92.4 Å². The quantitative estimate of drug-likeness (QED) is 0.467. The van der Waals surface area contributed by atoms with Crippen molar-refractivity contribution < 1.29 is 14.7 Å². The lowest BCUT2D eigenvalue weighted by Crippen LogP contribution is -2.48. The van der Waals surface area contributed by atoms with Crippen LogP contribution in [0.5, 0.6) is 0 Å². The zero-order valence-electron chi connectivity index (χ0n) is 7.06. The standard InChI is InChI=1S/C8H12N2O3/c9-5-3-1-2-4-6(8(12)13)10-7(5)11/h1-2,5-6H,3-4,9H2,(H,10,11)(H,12,13)/b2-1-/t5-,6-/m0/s1. The van der Waals surface area contributed by atoms with Gasteiger partial charge in [0.15, 0.2) is 0 Å². The lowest BCUT2D eigenvalue weighted by molar-refractivity contribution is -0.141. The van der Waals surface area contributed by atoms with Gasteiger partial charge in [-0.2, -0.15) is 0 Å². The summed E-state index contributed by atoms with van der Waals surface area (Å²) in [5, 5.41) is 11.0. The van der Waals surface area contributed by atoms with Gasteiger partial charge in [0.05, 0.1) is 6.04 Å². The molecular formula is C8H12N2O3. The van der Waals surface area contributed by atoms with Gasteiger partial charge in [0, 0.05) is 0 Å². The maximum absolute atomic E-state index is 11.1. The molecule has 1 heterocycles. The van der Waals surface area contributed by atoms with E-state index in [2.05, 4.69) is 5.32 Å². The van der Waals surface area contributed by atoms with Crippen molar-refractivity contribution in [2.45, 2.75) is 24.9 Å². The molecule has 0 saturated heterocycles. The van der Waals surface area contributed by atoms with E-state index < -0.39 is 24.0 Å². The highest BCUT2D eigenvalue weighted by molar-refractivity contribution is 5.87. The third-order valence-corrected chi connectivity index (χ3v) is 1.88. The Morgan fingerprint density at radius 2 is 2.15 bits per heavy atom. The molecule has 0 aromatic carbocycles. The van der Waals surface area contributed by atoms with E-state index in [1.54, 1.807) is 12.2 Å². The number of aliphatic carboxylic acids is 1. The predicted octanol–water partition coefficient (Wildman–Crippen LogP) is -0.767. The van der Waals surface area contributed by atoms with Crippen molar-refractivity contribution in [1.29, 1.82) is 0 Å². The first-order chi connectivity index (χ1) is 6.11. The van der Waals surface area contributed by atoms with Crippen LogP contribution in [-0.2, 0) is 9.59 Å². The summed E-state index contributed by atoms with van der Waals surface area (Å²) >= 11 is 0. The number of hydrogen-bond acceptors (Lipinski definition) is 3. The van der Waals surface area contributed by atoms with Gasteiger partial charge in [0.2, 0.25) is 5.91 Å². The Morgan fingerprint density at radius 1 is 1.54 bits per heavy atom. The van der Waals surface area contributed by atoms with Crippen LogP contribution in [0.2, 0.25) is 0 Å². The first kappa shape index (κ1) is 9.73. The van der Waals surface area contributed by atoms with Crippen LogP contribution in [0.15, 0.2) is 12.2 Å². The molecule has 0 aromatic heterocycles. The average Bonchev–Trinajstić information content (AvgIpc) is 2.06. The molecule has 0 unspecified atom stereocenters. The van der Waals surface area contributed by atoms with Gasteiger partial charge >= 0.3 is 5.97 Å². The van der Waals surface area contributed by atoms with E-state index in [4.69, 9.17) is 10.8 Å². The lowest BCUT2D eigenvalue weighted by atomic mass is 10.1. The van der Waals surface area contributed by atoms with E-state index in [1.165, 1.54) is 0 Å². The minimum absolute atomic E-state index is 0.313. The first-order valence-electron chi connectivity index (χ1n) is 4.05. The smallest absolute Gasteiger partial charge is 0.326 e. The van der Waals surface area contributed by atoms with Crippen molar-refractivity contribution in [2.24, 2.45) is 5.73 Å². The summed E-state index contributed by atoms with van der Waals surface area (Å²) in [4.78, 5) is 21.7. The first-order valence-corrected chi connectivity index (χ1v) is 4.05.